The molecule has 0 saturated heterocycles. The standard InChI is InChI=1S/C7H10N2S2/c1-5(11-10)6-2-3-7(8)9-4-6/h2-5,10H,1H3,(H2,8,9). The average molecular weight is 186 g/mol. The van der Waals surface area contributed by atoms with Crippen molar-refractivity contribution < 1.29 is 0 Å². The molecule has 1 unspecified atom stereocenters. The fourth-order valence-electron chi connectivity index (χ4n) is 0.718. The van der Waals surface area contributed by atoms with E-state index < -0.39 is 0 Å². The van der Waals surface area contributed by atoms with Crippen LogP contribution in [0.1, 0.15) is 17.7 Å². The first-order chi connectivity index (χ1) is 5.24. The number of thiol groups is 1. The van der Waals surface area contributed by atoms with Crippen LogP contribution >= 0.6 is 22.5 Å². The monoisotopic (exact) mass is 186 g/mol. The lowest BCUT2D eigenvalue weighted by Gasteiger charge is -2.05. The van der Waals surface area contributed by atoms with Crippen LogP contribution in [-0.4, -0.2) is 4.98 Å². The Labute approximate surface area is 75.4 Å². The van der Waals surface area contributed by atoms with Gasteiger partial charge in [-0.3, -0.25) is 0 Å². The van der Waals surface area contributed by atoms with Gasteiger partial charge in [-0.15, -0.1) is 11.7 Å². The van der Waals surface area contributed by atoms with Gasteiger partial charge in [0, 0.05) is 11.4 Å². The summed E-state index contributed by atoms with van der Waals surface area (Å²) in [7, 11) is 1.50. The third kappa shape index (κ3) is 2.31. The van der Waals surface area contributed by atoms with Crippen LogP contribution in [0.4, 0.5) is 5.82 Å². The van der Waals surface area contributed by atoms with Crippen LogP contribution in [0.15, 0.2) is 18.3 Å². The SMILES string of the molecule is CC(SS)c1ccc(N)nc1. The molecule has 60 valence electrons. The second kappa shape index (κ2) is 3.88. The van der Waals surface area contributed by atoms with E-state index in [9.17, 15) is 0 Å². The highest BCUT2D eigenvalue weighted by atomic mass is 33.1. The van der Waals surface area contributed by atoms with Gasteiger partial charge in [-0.2, -0.15) is 0 Å². The van der Waals surface area contributed by atoms with Gasteiger partial charge in [0.05, 0.1) is 0 Å². The van der Waals surface area contributed by atoms with Crippen molar-refractivity contribution in [3.05, 3.63) is 23.9 Å². The van der Waals surface area contributed by atoms with Crippen molar-refractivity contribution in [1.29, 1.82) is 0 Å². The summed E-state index contributed by atoms with van der Waals surface area (Å²) in [5.41, 5.74) is 6.58. The Morgan fingerprint density at radius 1 is 1.64 bits per heavy atom. The van der Waals surface area contributed by atoms with E-state index in [4.69, 9.17) is 5.73 Å². The van der Waals surface area contributed by atoms with E-state index in [1.54, 1.807) is 12.3 Å². The van der Waals surface area contributed by atoms with E-state index in [1.807, 2.05) is 6.07 Å². The Morgan fingerprint density at radius 2 is 2.36 bits per heavy atom. The van der Waals surface area contributed by atoms with Crippen molar-refractivity contribution in [1.82, 2.24) is 4.98 Å². The molecule has 1 rings (SSSR count). The van der Waals surface area contributed by atoms with E-state index in [0.717, 1.165) is 5.56 Å². The van der Waals surface area contributed by atoms with Gasteiger partial charge in [0.2, 0.25) is 0 Å². The third-order valence-electron chi connectivity index (χ3n) is 1.44. The van der Waals surface area contributed by atoms with E-state index in [2.05, 4.69) is 23.6 Å². The van der Waals surface area contributed by atoms with Crippen LogP contribution < -0.4 is 5.73 Å². The fraction of sp³-hybridized carbons (Fsp3) is 0.286. The zero-order chi connectivity index (χ0) is 8.27. The summed E-state index contributed by atoms with van der Waals surface area (Å²) in [6.45, 7) is 2.07. The Kier molecular flexibility index (Phi) is 3.08. The van der Waals surface area contributed by atoms with Crippen LogP contribution in [0.5, 0.6) is 0 Å². The summed E-state index contributed by atoms with van der Waals surface area (Å²) in [6.07, 6.45) is 1.78. The van der Waals surface area contributed by atoms with Crippen molar-refractivity contribution in [2.75, 3.05) is 5.73 Å². The molecular formula is C7H10N2S2. The molecule has 0 aliphatic rings. The number of pyridine rings is 1. The number of aromatic nitrogens is 1. The number of anilines is 1. The molecule has 4 heteroatoms. The smallest absolute Gasteiger partial charge is 0.123 e. The first-order valence-electron chi connectivity index (χ1n) is 3.25. The Morgan fingerprint density at radius 3 is 2.82 bits per heavy atom. The number of rotatable bonds is 2. The maximum Gasteiger partial charge on any atom is 0.123 e. The van der Waals surface area contributed by atoms with Gasteiger partial charge in [0.15, 0.2) is 0 Å². The summed E-state index contributed by atoms with van der Waals surface area (Å²) in [6, 6.07) is 3.77. The van der Waals surface area contributed by atoms with E-state index in [0.29, 0.717) is 11.1 Å². The summed E-state index contributed by atoms with van der Waals surface area (Å²) >= 11 is 4.11. The number of nitrogens with zero attached hydrogens (tertiary/aromatic N) is 1. The summed E-state index contributed by atoms with van der Waals surface area (Å²) in [5, 5.41) is 0.367. The quantitative estimate of drug-likeness (QED) is 0.550. The zero-order valence-corrected chi connectivity index (χ0v) is 7.90. The second-order valence-corrected chi connectivity index (χ2v) is 3.81. The van der Waals surface area contributed by atoms with Gasteiger partial charge < -0.3 is 5.73 Å². The Hall–Kier alpha value is -0.350. The van der Waals surface area contributed by atoms with E-state index in [1.165, 1.54) is 10.8 Å². The van der Waals surface area contributed by atoms with Crippen molar-refractivity contribution >= 4 is 28.3 Å². The molecule has 1 aromatic heterocycles. The van der Waals surface area contributed by atoms with Crippen molar-refractivity contribution in [3.8, 4) is 0 Å². The van der Waals surface area contributed by atoms with Crippen LogP contribution in [0.2, 0.25) is 0 Å². The maximum atomic E-state index is 5.43. The van der Waals surface area contributed by atoms with Gasteiger partial charge in [-0.25, -0.2) is 4.98 Å². The van der Waals surface area contributed by atoms with Crippen LogP contribution in [0, 0.1) is 0 Å². The van der Waals surface area contributed by atoms with Crippen molar-refractivity contribution in [2.45, 2.75) is 12.2 Å². The highest BCUT2D eigenvalue weighted by Crippen LogP contribution is 2.29. The minimum Gasteiger partial charge on any atom is -0.384 e. The number of nitrogen functional groups attached to an aromatic ring is 1. The minimum absolute atomic E-state index is 0.367. The van der Waals surface area contributed by atoms with Gasteiger partial charge in [0.1, 0.15) is 5.82 Å². The normalized spacial score (nSPS) is 12.9. The van der Waals surface area contributed by atoms with Crippen molar-refractivity contribution in [2.24, 2.45) is 0 Å². The van der Waals surface area contributed by atoms with Gasteiger partial charge >= 0.3 is 0 Å². The molecule has 0 radical (unpaired) electrons. The minimum atomic E-state index is 0.367. The lowest BCUT2D eigenvalue weighted by Crippen LogP contribution is -1.92. The molecule has 0 saturated carbocycles. The molecule has 11 heavy (non-hydrogen) atoms. The molecule has 2 nitrogen and oxygen atoms in total. The fourth-order valence-corrected chi connectivity index (χ4v) is 1.34. The predicted octanol–water partition coefficient (Wildman–Crippen LogP) is 2.30. The zero-order valence-electron chi connectivity index (χ0n) is 6.19. The molecule has 0 fully saturated rings. The highest BCUT2D eigenvalue weighted by molar-refractivity contribution is 8.68. The lowest BCUT2D eigenvalue weighted by atomic mass is 10.2. The Balaban J connectivity index is 2.81. The average Bonchev–Trinajstić information content (AvgIpc) is 2.05. The molecule has 1 aromatic rings. The van der Waals surface area contributed by atoms with E-state index >= 15 is 0 Å². The number of nitrogens with two attached hydrogens (primary N) is 1. The summed E-state index contributed by atoms with van der Waals surface area (Å²) in [4.78, 5) is 3.98. The Bertz CT molecular complexity index is 222. The highest BCUT2D eigenvalue weighted by Gasteiger charge is 2.02. The largest absolute Gasteiger partial charge is 0.384 e. The number of hydrogen-bond donors (Lipinski definition) is 2. The van der Waals surface area contributed by atoms with Crippen LogP contribution in [0.3, 0.4) is 0 Å². The maximum absolute atomic E-state index is 5.43. The topological polar surface area (TPSA) is 38.9 Å². The molecule has 0 aromatic carbocycles. The van der Waals surface area contributed by atoms with E-state index in [-0.39, 0.29) is 0 Å². The first kappa shape index (κ1) is 8.74. The van der Waals surface area contributed by atoms with Gasteiger partial charge in [-0.1, -0.05) is 16.9 Å². The first-order valence-corrected chi connectivity index (χ1v) is 5.19. The van der Waals surface area contributed by atoms with Gasteiger partial charge in [-0.05, 0) is 18.6 Å². The van der Waals surface area contributed by atoms with Crippen molar-refractivity contribution in [3.63, 3.8) is 0 Å². The van der Waals surface area contributed by atoms with Gasteiger partial charge in [0.25, 0.3) is 0 Å². The molecule has 0 amide bonds. The van der Waals surface area contributed by atoms with Crippen LogP contribution in [-0.2, 0) is 0 Å². The number of hydrogen-bond acceptors (Lipinski definition) is 4. The molecular weight excluding hydrogens is 176 g/mol. The molecule has 0 bridgehead atoms. The molecule has 0 aliphatic heterocycles. The molecule has 1 heterocycles. The van der Waals surface area contributed by atoms with Crippen LogP contribution in [0.25, 0.3) is 0 Å². The summed E-state index contributed by atoms with van der Waals surface area (Å²) < 4.78 is 0. The molecule has 0 spiro atoms. The summed E-state index contributed by atoms with van der Waals surface area (Å²) in [5.74, 6) is 0.560. The predicted molar refractivity (Wildman–Crippen MR) is 53.6 cm³/mol. The lowest BCUT2D eigenvalue weighted by molar-refractivity contribution is 1.08. The molecule has 0 aliphatic carbocycles. The second-order valence-electron chi connectivity index (χ2n) is 2.26. The molecule has 1 atom stereocenters. The molecule has 2 N–H and O–H groups in total. The third-order valence-corrected chi connectivity index (χ3v) is 2.97.